The number of aromatic nitrogens is 2. The molecule has 3 N–H and O–H groups in total. The first-order chi connectivity index (χ1) is 14.0. The topological polar surface area (TPSA) is 87.7 Å². The van der Waals surface area contributed by atoms with Gasteiger partial charge in [0.15, 0.2) is 0 Å². The minimum Gasteiger partial charge on any atom is -0.420 e. The van der Waals surface area contributed by atoms with Gasteiger partial charge in [-0.25, -0.2) is 0 Å². The summed E-state index contributed by atoms with van der Waals surface area (Å²) in [6, 6.07) is 18.8. The standard InChI is InChI=1S/C24H24N4O/c1-14(2)12-16-6-10-18(11-7-16)22-21-20(17-8-4-15(3)5-9-17)19(13-25)23(26)29-24(21)28-27-22/h4-11,14,20H,12,26H2,1-3H3,(H,27,28)/t20-/m1/s1. The summed E-state index contributed by atoms with van der Waals surface area (Å²) >= 11 is 0. The molecule has 2 heterocycles. The van der Waals surface area contributed by atoms with E-state index < -0.39 is 0 Å². The van der Waals surface area contributed by atoms with Crippen LogP contribution in [-0.4, -0.2) is 10.2 Å². The van der Waals surface area contributed by atoms with Crippen molar-refractivity contribution in [2.75, 3.05) is 0 Å². The minimum absolute atomic E-state index is 0.107. The number of nitrogens with zero attached hydrogens (tertiary/aromatic N) is 2. The number of hydrogen-bond acceptors (Lipinski definition) is 4. The van der Waals surface area contributed by atoms with E-state index in [1.807, 2.05) is 31.2 Å². The van der Waals surface area contributed by atoms with E-state index in [1.54, 1.807) is 0 Å². The Kier molecular flexibility index (Phi) is 4.85. The summed E-state index contributed by atoms with van der Waals surface area (Å²) in [5.74, 6) is 0.809. The third kappa shape index (κ3) is 3.50. The number of H-pyrrole nitrogens is 1. The Morgan fingerprint density at radius 3 is 2.45 bits per heavy atom. The van der Waals surface area contributed by atoms with Crippen LogP contribution in [0, 0.1) is 24.2 Å². The fraction of sp³-hybridized carbons (Fsp3) is 0.250. The summed E-state index contributed by atoms with van der Waals surface area (Å²) in [7, 11) is 0. The lowest BCUT2D eigenvalue weighted by Gasteiger charge is -2.24. The van der Waals surface area contributed by atoms with Gasteiger partial charge in [0.05, 0.1) is 17.2 Å². The number of nitrogens with two attached hydrogens (primary N) is 1. The van der Waals surface area contributed by atoms with Crippen molar-refractivity contribution in [3.8, 4) is 23.2 Å². The van der Waals surface area contributed by atoms with Gasteiger partial charge in [-0.3, -0.25) is 5.10 Å². The molecular weight excluding hydrogens is 360 g/mol. The number of aryl methyl sites for hydroxylation is 1. The van der Waals surface area contributed by atoms with Gasteiger partial charge in [-0.1, -0.05) is 67.9 Å². The van der Waals surface area contributed by atoms with E-state index >= 15 is 0 Å². The van der Waals surface area contributed by atoms with Crippen molar-refractivity contribution in [2.45, 2.75) is 33.1 Å². The second-order valence-electron chi connectivity index (χ2n) is 7.95. The predicted molar refractivity (Wildman–Crippen MR) is 113 cm³/mol. The lowest BCUT2D eigenvalue weighted by molar-refractivity contribution is 0.379. The summed E-state index contributed by atoms with van der Waals surface area (Å²) in [5.41, 5.74) is 12.6. The zero-order valence-electron chi connectivity index (χ0n) is 16.9. The highest BCUT2D eigenvalue weighted by Gasteiger charge is 2.35. The molecule has 146 valence electrons. The molecule has 5 heteroatoms. The van der Waals surface area contributed by atoms with Gasteiger partial charge in [0, 0.05) is 5.56 Å². The lowest BCUT2D eigenvalue weighted by atomic mass is 9.82. The van der Waals surface area contributed by atoms with Crippen LogP contribution in [0.15, 0.2) is 60.0 Å². The Hall–Kier alpha value is -3.52. The van der Waals surface area contributed by atoms with E-state index in [9.17, 15) is 5.26 Å². The van der Waals surface area contributed by atoms with Crippen molar-refractivity contribution < 1.29 is 4.74 Å². The summed E-state index contributed by atoms with van der Waals surface area (Å²) in [6.45, 7) is 6.46. The first-order valence-corrected chi connectivity index (χ1v) is 9.79. The minimum atomic E-state index is -0.326. The van der Waals surface area contributed by atoms with Gasteiger partial charge in [0.2, 0.25) is 11.8 Å². The Labute approximate surface area is 170 Å². The molecule has 2 aromatic carbocycles. The van der Waals surface area contributed by atoms with Crippen molar-refractivity contribution >= 4 is 0 Å². The molecule has 0 amide bonds. The third-order valence-electron chi connectivity index (χ3n) is 5.24. The molecular formula is C24H24N4O. The number of ether oxygens (including phenoxy) is 1. The first-order valence-electron chi connectivity index (χ1n) is 9.79. The Morgan fingerprint density at radius 2 is 1.83 bits per heavy atom. The number of rotatable bonds is 4. The maximum atomic E-state index is 9.79. The van der Waals surface area contributed by atoms with Crippen molar-refractivity contribution in [1.29, 1.82) is 5.26 Å². The molecule has 0 bridgehead atoms. The summed E-state index contributed by atoms with van der Waals surface area (Å²) in [5, 5.41) is 17.2. The maximum absolute atomic E-state index is 9.79. The number of aromatic amines is 1. The van der Waals surface area contributed by atoms with Gasteiger partial charge >= 0.3 is 0 Å². The van der Waals surface area contributed by atoms with Crippen LogP contribution in [0.5, 0.6) is 5.88 Å². The van der Waals surface area contributed by atoms with Crippen molar-refractivity contribution in [1.82, 2.24) is 10.2 Å². The molecule has 0 spiro atoms. The second-order valence-corrected chi connectivity index (χ2v) is 7.95. The molecule has 3 aromatic rings. The van der Waals surface area contributed by atoms with Gasteiger partial charge in [-0.15, -0.1) is 5.10 Å². The smallest absolute Gasteiger partial charge is 0.244 e. The summed E-state index contributed by atoms with van der Waals surface area (Å²) in [6.07, 6.45) is 1.04. The zero-order chi connectivity index (χ0) is 20.5. The molecule has 1 atom stereocenters. The molecule has 0 aliphatic carbocycles. The van der Waals surface area contributed by atoms with E-state index in [4.69, 9.17) is 10.5 Å². The highest BCUT2D eigenvalue weighted by atomic mass is 16.5. The summed E-state index contributed by atoms with van der Waals surface area (Å²) in [4.78, 5) is 0. The number of nitriles is 1. The predicted octanol–water partition coefficient (Wildman–Crippen LogP) is 4.80. The number of nitrogens with one attached hydrogen (secondary N) is 1. The van der Waals surface area contributed by atoms with Crippen molar-refractivity contribution in [3.05, 3.63) is 82.2 Å². The van der Waals surface area contributed by atoms with E-state index in [1.165, 1.54) is 5.56 Å². The number of allylic oxidation sites excluding steroid dienone is 1. The van der Waals surface area contributed by atoms with Gasteiger partial charge in [0.25, 0.3) is 0 Å². The molecule has 1 aliphatic heterocycles. The van der Waals surface area contributed by atoms with Crippen LogP contribution in [-0.2, 0) is 6.42 Å². The molecule has 4 rings (SSSR count). The Morgan fingerprint density at radius 1 is 1.14 bits per heavy atom. The molecule has 0 fully saturated rings. The molecule has 5 nitrogen and oxygen atoms in total. The van der Waals surface area contributed by atoms with Gasteiger partial charge in [-0.05, 0) is 30.4 Å². The fourth-order valence-corrected chi connectivity index (χ4v) is 3.84. The molecule has 0 saturated heterocycles. The monoisotopic (exact) mass is 384 g/mol. The SMILES string of the molecule is Cc1ccc([C@@H]2C(C#N)=C(N)Oc3n[nH]c(-c4ccc(CC(C)C)cc4)c32)cc1. The maximum Gasteiger partial charge on any atom is 0.244 e. The van der Waals surface area contributed by atoms with Crippen LogP contribution < -0.4 is 10.5 Å². The fourth-order valence-electron chi connectivity index (χ4n) is 3.84. The first kappa shape index (κ1) is 18.8. The Bertz CT molecular complexity index is 1100. The zero-order valence-corrected chi connectivity index (χ0v) is 16.9. The number of benzene rings is 2. The summed E-state index contributed by atoms with van der Waals surface area (Å²) < 4.78 is 5.68. The van der Waals surface area contributed by atoms with E-state index in [-0.39, 0.29) is 11.8 Å². The lowest BCUT2D eigenvalue weighted by Crippen LogP contribution is -2.21. The highest BCUT2D eigenvalue weighted by molar-refractivity contribution is 5.71. The average molecular weight is 384 g/mol. The Balaban J connectivity index is 1.82. The molecule has 0 unspecified atom stereocenters. The van der Waals surface area contributed by atoms with Crippen molar-refractivity contribution in [2.24, 2.45) is 11.7 Å². The van der Waals surface area contributed by atoms with Gasteiger partial charge in [-0.2, -0.15) is 5.26 Å². The van der Waals surface area contributed by atoms with E-state index in [0.29, 0.717) is 17.4 Å². The van der Waals surface area contributed by atoms with Crippen LogP contribution in [0.25, 0.3) is 11.3 Å². The van der Waals surface area contributed by atoms with Crippen LogP contribution in [0.2, 0.25) is 0 Å². The van der Waals surface area contributed by atoms with E-state index in [2.05, 4.69) is 54.4 Å². The quantitative estimate of drug-likeness (QED) is 0.676. The van der Waals surface area contributed by atoms with Crippen LogP contribution in [0.4, 0.5) is 0 Å². The normalized spacial score (nSPS) is 15.8. The average Bonchev–Trinajstić information content (AvgIpc) is 3.11. The third-order valence-corrected chi connectivity index (χ3v) is 5.24. The largest absolute Gasteiger partial charge is 0.420 e. The van der Waals surface area contributed by atoms with E-state index in [0.717, 1.165) is 34.4 Å². The van der Waals surface area contributed by atoms with Crippen LogP contribution in [0.3, 0.4) is 0 Å². The molecule has 1 aromatic heterocycles. The number of hydrogen-bond donors (Lipinski definition) is 2. The van der Waals surface area contributed by atoms with Crippen molar-refractivity contribution in [3.63, 3.8) is 0 Å². The van der Waals surface area contributed by atoms with Gasteiger partial charge < -0.3 is 10.5 Å². The molecule has 0 saturated carbocycles. The molecule has 29 heavy (non-hydrogen) atoms. The van der Waals surface area contributed by atoms with Crippen LogP contribution in [0.1, 0.15) is 42.0 Å². The molecule has 1 aliphatic rings. The second kappa shape index (κ2) is 7.48. The highest BCUT2D eigenvalue weighted by Crippen LogP contribution is 2.45. The van der Waals surface area contributed by atoms with Crippen LogP contribution >= 0.6 is 0 Å². The number of fused-ring (bicyclic) bond motifs is 1. The van der Waals surface area contributed by atoms with Gasteiger partial charge in [0.1, 0.15) is 11.6 Å². The molecule has 0 radical (unpaired) electrons.